The summed E-state index contributed by atoms with van der Waals surface area (Å²) in [4.78, 5) is 4.38. The van der Waals surface area contributed by atoms with Gasteiger partial charge in [-0.15, -0.1) is 13.2 Å². The molecule has 0 bridgehead atoms. The number of rotatable bonds is 4. The summed E-state index contributed by atoms with van der Waals surface area (Å²) in [6.07, 6.45) is -2.99. The van der Waals surface area contributed by atoms with Crippen LogP contribution in [0.25, 0.3) is 11.3 Å². The van der Waals surface area contributed by atoms with Gasteiger partial charge in [-0.25, -0.2) is 0 Å². The van der Waals surface area contributed by atoms with E-state index in [4.69, 9.17) is 4.42 Å². The summed E-state index contributed by atoms with van der Waals surface area (Å²) in [6.45, 7) is 1.76. The van der Waals surface area contributed by atoms with Gasteiger partial charge >= 0.3 is 6.36 Å². The highest BCUT2D eigenvalue weighted by atomic mass is 19.4. The number of aliphatic hydroxyl groups excluding tert-OH is 1. The molecule has 29 heavy (non-hydrogen) atoms. The zero-order valence-corrected chi connectivity index (χ0v) is 15.6. The van der Waals surface area contributed by atoms with Gasteiger partial charge in [-0.2, -0.15) is 4.98 Å². The van der Waals surface area contributed by atoms with Gasteiger partial charge in [-0.3, -0.25) is 0 Å². The molecule has 2 aromatic carbocycles. The van der Waals surface area contributed by atoms with Crippen molar-refractivity contribution < 1.29 is 27.4 Å². The number of aryl methyl sites for hydroxylation is 2. The topological polar surface area (TPSA) is 67.5 Å². The molecule has 3 aromatic rings. The molecule has 5 nitrogen and oxygen atoms in total. The lowest BCUT2D eigenvalue weighted by Gasteiger charge is -2.23. The van der Waals surface area contributed by atoms with Crippen molar-refractivity contribution in [3.05, 3.63) is 59.3 Å². The smallest absolute Gasteiger partial charge is 0.423 e. The number of hydrogen-bond acceptors (Lipinski definition) is 5. The number of oxazole rings is 1. The molecular formula is C21H19F3N2O3. The summed E-state index contributed by atoms with van der Waals surface area (Å²) in [5.41, 5.74) is 4.23. The number of nitrogens with zero attached hydrogens (tertiary/aromatic N) is 1. The fraction of sp³-hybridized carbons (Fsp3) is 0.286. The second kappa shape index (κ2) is 7.44. The number of fused-ring (bicyclic) bond motifs is 1. The molecule has 0 aliphatic heterocycles. The van der Waals surface area contributed by atoms with Crippen molar-refractivity contribution in [1.29, 1.82) is 0 Å². The molecule has 1 aromatic heterocycles. The molecule has 0 saturated carbocycles. The molecule has 152 valence electrons. The summed E-state index contributed by atoms with van der Waals surface area (Å²) in [6, 6.07) is 11.6. The van der Waals surface area contributed by atoms with Crippen molar-refractivity contribution in [3.63, 3.8) is 0 Å². The van der Waals surface area contributed by atoms with E-state index in [9.17, 15) is 18.3 Å². The molecule has 1 heterocycles. The molecule has 1 unspecified atom stereocenters. The maximum atomic E-state index is 12.3. The van der Waals surface area contributed by atoms with E-state index in [0.29, 0.717) is 23.4 Å². The largest absolute Gasteiger partial charge is 0.573 e. The van der Waals surface area contributed by atoms with Crippen LogP contribution in [0.4, 0.5) is 24.9 Å². The second-order valence-corrected chi connectivity index (χ2v) is 6.97. The fourth-order valence-electron chi connectivity index (χ4n) is 3.53. The first kappa shape index (κ1) is 19.3. The molecule has 0 amide bonds. The summed E-state index contributed by atoms with van der Waals surface area (Å²) < 4.78 is 46.6. The Kier molecular flexibility index (Phi) is 4.96. The van der Waals surface area contributed by atoms with Crippen LogP contribution in [-0.2, 0) is 12.8 Å². The van der Waals surface area contributed by atoms with Crippen molar-refractivity contribution in [2.75, 3.05) is 5.32 Å². The standard InChI is InChI=1S/C21H19F3N2O3/c1-12-19(14-6-9-16(10-7-14)29-21(22,23)24)28-20(25-12)26-18-4-2-3-13-5-8-15(27)11-17(13)18/h2-4,6-7,9-10,15,27H,5,8,11H2,1H3,(H,25,26). The van der Waals surface area contributed by atoms with Crippen molar-refractivity contribution in [1.82, 2.24) is 4.98 Å². The number of hydrogen-bond donors (Lipinski definition) is 2. The first-order chi connectivity index (χ1) is 13.8. The Bertz CT molecular complexity index is 1010. The molecule has 0 saturated heterocycles. The number of anilines is 2. The minimum absolute atomic E-state index is 0.279. The average Bonchev–Trinajstić information content (AvgIpc) is 3.02. The Morgan fingerprint density at radius 1 is 1.17 bits per heavy atom. The van der Waals surface area contributed by atoms with Crippen LogP contribution in [0.1, 0.15) is 23.2 Å². The van der Waals surface area contributed by atoms with Crippen LogP contribution in [0, 0.1) is 6.92 Å². The molecule has 4 rings (SSSR count). The van der Waals surface area contributed by atoms with E-state index >= 15 is 0 Å². The molecule has 8 heteroatoms. The van der Waals surface area contributed by atoms with Gasteiger partial charge in [0, 0.05) is 17.7 Å². The van der Waals surface area contributed by atoms with Crippen molar-refractivity contribution in [2.45, 2.75) is 38.7 Å². The summed E-state index contributed by atoms with van der Waals surface area (Å²) in [5.74, 6) is 0.155. The monoisotopic (exact) mass is 404 g/mol. The third-order valence-electron chi connectivity index (χ3n) is 4.85. The highest BCUT2D eigenvalue weighted by Crippen LogP contribution is 2.33. The SMILES string of the molecule is Cc1nc(Nc2cccc3c2CC(O)CC3)oc1-c1ccc(OC(F)(F)F)cc1. The molecule has 1 aliphatic carbocycles. The van der Waals surface area contributed by atoms with E-state index in [1.54, 1.807) is 6.92 Å². The lowest BCUT2D eigenvalue weighted by atomic mass is 9.88. The number of aromatic nitrogens is 1. The molecule has 0 fully saturated rings. The maximum absolute atomic E-state index is 12.3. The van der Waals surface area contributed by atoms with Gasteiger partial charge in [0.2, 0.25) is 0 Å². The summed E-state index contributed by atoms with van der Waals surface area (Å²) >= 11 is 0. The van der Waals surface area contributed by atoms with Crippen LogP contribution in [0.5, 0.6) is 5.75 Å². The molecule has 1 atom stereocenters. The van der Waals surface area contributed by atoms with Crippen molar-refractivity contribution in [3.8, 4) is 17.1 Å². The van der Waals surface area contributed by atoms with E-state index in [1.165, 1.54) is 29.8 Å². The molecule has 2 N–H and O–H groups in total. The van der Waals surface area contributed by atoms with Crippen LogP contribution >= 0.6 is 0 Å². The number of ether oxygens (including phenoxy) is 1. The van der Waals surface area contributed by atoms with Crippen LogP contribution in [-0.4, -0.2) is 22.6 Å². The Balaban J connectivity index is 1.56. The number of benzene rings is 2. The van der Waals surface area contributed by atoms with Gasteiger partial charge in [-0.1, -0.05) is 12.1 Å². The Hall–Kier alpha value is -3.00. The predicted molar refractivity (Wildman–Crippen MR) is 101 cm³/mol. The first-order valence-corrected chi connectivity index (χ1v) is 9.18. The van der Waals surface area contributed by atoms with Gasteiger partial charge in [0.25, 0.3) is 6.01 Å². The third-order valence-corrected chi connectivity index (χ3v) is 4.85. The molecular weight excluding hydrogens is 385 g/mol. The molecule has 0 radical (unpaired) electrons. The maximum Gasteiger partial charge on any atom is 0.573 e. The number of halogens is 3. The normalized spacial score (nSPS) is 16.4. The summed E-state index contributed by atoms with van der Waals surface area (Å²) in [5, 5.41) is 13.2. The average molecular weight is 404 g/mol. The van der Waals surface area contributed by atoms with E-state index in [2.05, 4.69) is 15.0 Å². The van der Waals surface area contributed by atoms with Crippen molar-refractivity contribution in [2.24, 2.45) is 0 Å². The van der Waals surface area contributed by atoms with Gasteiger partial charge < -0.3 is 19.6 Å². The predicted octanol–water partition coefficient (Wildman–Crippen LogP) is 5.14. The number of alkyl halides is 3. The van der Waals surface area contributed by atoms with Crippen LogP contribution in [0.2, 0.25) is 0 Å². The molecule has 1 aliphatic rings. The third kappa shape index (κ3) is 4.37. The lowest BCUT2D eigenvalue weighted by Crippen LogP contribution is -2.19. The van der Waals surface area contributed by atoms with Crippen molar-refractivity contribution >= 4 is 11.7 Å². The fourth-order valence-corrected chi connectivity index (χ4v) is 3.53. The Morgan fingerprint density at radius 3 is 2.66 bits per heavy atom. The number of nitrogens with one attached hydrogen (secondary N) is 1. The highest BCUT2D eigenvalue weighted by Gasteiger charge is 2.31. The zero-order chi connectivity index (χ0) is 20.6. The molecule has 0 spiro atoms. The van der Waals surface area contributed by atoms with Gasteiger partial charge in [0.1, 0.15) is 5.75 Å². The second-order valence-electron chi connectivity index (χ2n) is 6.97. The van der Waals surface area contributed by atoms with Crippen LogP contribution < -0.4 is 10.1 Å². The van der Waals surface area contributed by atoms with E-state index in [0.717, 1.165) is 24.1 Å². The Morgan fingerprint density at radius 2 is 1.93 bits per heavy atom. The van der Waals surface area contributed by atoms with Gasteiger partial charge in [0.15, 0.2) is 5.76 Å². The van der Waals surface area contributed by atoms with E-state index in [1.807, 2.05) is 18.2 Å². The lowest BCUT2D eigenvalue weighted by molar-refractivity contribution is -0.274. The van der Waals surface area contributed by atoms with Crippen LogP contribution in [0.15, 0.2) is 46.9 Å². The van der Waals surface area contributed by atoms with Crippen LogP contribution in [0.3, 0.4) is 0 Å². The Labute approximate surface area is 165 Å². The number of aliphatic hydroxyl groups is 1. The zero-order valence-electron chi connectivity index (χ0n) is 15.6. The highest BCUT2D eigenvalue weighted by molar-refractivity contribution is 5.65. The van der Waals surface area contributed by atoms with E-state index < -0.39 is 6.36 Å². The minimum atomic E-state index is -4.73. The summed E-state index contributed by atoms with van der Waals surface area (Å²) in [7, 11) is 0. The first-order valence-electron chi connectivity index (χ1n) is 9.18. The van der Waals surface area contributed by atoms with E-state index in [-0.39, 0.29) is 17.9 Å². The quantitative estimate of drug-likeness (QED) is 0.630. The minimum Gasteiger partial charge on any atom is -0.423 e. The van der Waals surface area contributed by atoms with Gasteiger partial charge in [-0.05, 0) is 61.2 Å². The van der Waals surface area contributed by atoms with Gasteiger partial charge in [0.05, 0.1) is 11.8 Å².